The van der Waals surface area contributed by atoms with Crippen LogP contribution < -0.4 is 19.9 Å². The molecule has 0 radical (unpaired) electrons. The Morgan fingerprint density at radius 1 is 1.26 bits per heavy atom. The van der Waals surface area contributed by atoms with Gasteiger partial charge in [0.25, 0.3) is 0 Å². The number of carbonyl (C=O) groups is 1. The van der Waals surface area contributed by atoms with Crippen molar-refractivity contribution in [1.82, 2.24) is 4.72 Å². The number of carbonyl (C=O) groups excluding carboxylic acids is 1. The zero-order valence-electron chi connectivity index (χ0n) is 10.9. The van der Waals surface area contributed by atoms with E-state index in [4.69, 9.17) is 15.2 Å². The first-order chi connectivity index (χ1) is 8.81. The van der Waals surface area contributed by atoms with Crippen LogP contribution in [0.5, 0.6) is 11.5 Å². The number of nitrogens with one attached hydrogen (secondary N) is 1. The molecule has 8 heteroatoms. The normalized spacial score (nSPS) is 11.1. The molecule has 0 aliphatic carbocycles. The van der Waals surface area contributed by atoms with Crippen LogP contribution in [-0.4, -0.2) is 35.1 Å². The van der Waals surface area contributed by atoms with Crippen molar-refractivity contribution in [3.8, 4) is 11.5 Å². The van der Waals surface area contributed by atoms with Gasteiger partial charge in [-0.25, -0.2) is 13.1 Å². The summed E-state index contributed by atoms with van der Waals surface area (Å²) in [5.41, 5.74) is 5.37. The Kier molecular flexibility index (Phi) is 4.73. The lowest BCUT2D eigenvalue weighted by Crippen LogP contribution is -2.33. The standard InChI is InChI=1S/C11H16N2O5S/c1-7-4-8(17-2)9(18-3)5-10(7)19(15,16)13-6-11(12)14/h4-5,13H,6H2,1-3H3,(H2,12,14). The molecule has 0 aliphatic rings. The number of hydrogen-bond donors (Lipinski definition) is 2. The highest BCUT2D eigenvalue weighted by Gasteiger charge is 2.20. The summed E-state index contributed by atoms with van der Waals surface area (Å²) in [5.74, 6) is -0.0527. The third kappa shape index (κ3) is 3.58. The largest absolute Gasteiger partial charge is 0.493 e. The van der Waals surface area contributed by atoms with Crippen LogP contribution in [0.2, 0.25) is 0 Å². The molecule has 0 saturated heterocycles. The second kappa shape index (κ2) is 5.89. The predicted molar refractivity (Wildman–Crippen MR) is 68.7 cm³/mol. The number of methoxy groups -OCH3 is 2. The van der Waals surface area contributed by atoms with Crippen LogP contribution in [0, 0.1) is 6.92 Å². The molecule has 0 unspecified atom stereocenters. The zero-order chi connectivity index (χ0) is 14.6. The van der Waals surface area contributed by atoms with Gasteiger partial charge in [-0.2, -0.15) is 0 Å². The lowest BCUT2D eigenvalue weighted by Gasteiger charge is -2.13. The van der Waals surface area contributed by atoms with Crippen LogP contribution in [-0.2, 0) is 14.8 Å². The van der Waals surface area contributed by atoms with Crippen molar-refractivity contribution in [2.75, 3.05) is 20.8 Å². The minimum Gasteiger partial charge on any atom is -0.493 e. The SMILES string of the molecule is COc1cc(C)c(S(=O)(=O)NCC(N)=O)cc1OC. The molecule has 7 nitrogen and oxygen atoms in total. The summed E-state index contributed by atoms with van der Waals surface area (Å²) in [7, 11) is -0.972. The van der Waals surface area contributed by atoms with Crippen LogP contribution in [0.1, 0.15) is 5.56 Å². The number of primary amides is 1. The minimum absolute atomic E-state index is 0.00593. The number of sulfonamides is 1. The van der Waals surface area contributed by atoms with Crippen molar-refractivity contribution in [3.05, 3.63) is 17.7 Å². The average molecular weight is 288 g/mol. The second-order valence-corrected chi connectivity index (χ2v) is 5.50. The van der Waals surface area contributed by atoms with E-state index >= 15 is 0 Å². The van der Waals surface area contributed by atoms with Gasteiger partial charge in [0.1, 0.15) is 0 Å². The molecule has 19 heavy (non-hydrogen) atoms. The molecule has 0 atom stereocenters. The summed E-state index contributed by atoms with van der Waals surface area (Å²) >= 11 is 0. The van der Waals surface area contributed by atoms with Crippen molar-refractivity contribution < 1.29 is 22.7 Å². The maximum Gasteiger partial charge on any atom is 0.241 e. The number of aryl methyl sites for hydroxylation is 1. The first kappa shape index (κ1) is 15.3. The number of ether oxygens (including phenoxy) is 2. The number of benzene rings is 1. The van der Waals surface area contributed by atoms with Crippen LogP contribution in [0.4, 0.5) is 0 Å². The smallest absolute Gasteiger partial charge is 0.241 e. The first-order valence-electron chi connectivity index (χ1n) is 5.32. The Labute approximate surface area is 111 Å². The van der Waals surface area contributed by atoms with E-state index in [0.717, 1.165) is 0 Å². The molecule has 106 valence electrons. The molecular weight excluding hydrogens is 272 g/mol. The number of hydrogen-bond acceptors (Lipinski definition) is 5. The van der Waals surface area contributed by atoms with E-state index in [0.29, 0.717) is 11.3 Å². The topological polar surface area (TPSA) is 108 Å². The minimum atomic E-state index is -3.83. The Hall–Kier alpha value is -1.80. The van der Waals surface area contributed by atoms with Gasteiger partial charge >= 0.3 is 0 Å². The van der Waals surface area contributed by atoms with E-state index in [1.807, 2.05) is 0 Å². The number of amides is 1. The average Bonchev–Trinajstić information content (AvgIpc) is 2.35. The van der Waals surface area contributed by atoms with Crippen molar-refractivity contribution in [3.63, 3.8) is 0 Å². The van der Waals surface area contributed by atoms with Gasteiger partial charge in [-0.3, -0.25) is 4.79 Å². The van der Waals surface area contributed by atoms with Crippen LogP contribution in [0.25, 0.3) is 0 Å². The van der Waals surface area contributed by atoms with Crippen LogP contribution in [0.15, 0.2) is 17.0 Å². The van der Waals surface area contributed by atoms with Crippen molar-refractivity contribution in [1.29, 1.82) is 0 Å². The molecule has 1 aromatic rings. The number of nitrogens with two attached hydrogens (primary N) is 1. The van der Waals surface area contributed by atoms with Gasteiger partial charge in [-0.05, 0) is 18.6 Å². The molecule has 0 aliphatic heterocycles. The summed E-state index contributed by atoms with van der Waals surface area (Å²) in [6.45, 7) is 1.15. The first-order valence-corrected chi connectivity index (χ1v) is 6.80. The van der Waals surface area contributed by atoms with Gasteiger partial charge < -0.3 is 15.2 Å². The summed E-state index contributed by atoms with van der Waals surface area (Å²) in [6.07, 6.45) is 0. The van der Waals surface area contributed by atoms with E-state index < -0.39 is 22.5 Å². The van der Waals surface area contributed by atoms with Crippen molar-refractivity contribution in [2.45, 2.75) is 11.8 Å². The maximum absolute atomic E-state index is 12.0. The van der Waals surface area contributed by atoms with Gasteiger partial charge in [0.2, 0.25) is 15.9 Å². The van der Waals surface area contributed by atoms with Gasteiger partial charge in [0, 0.05) is 6.07 Å². The Morgan fingerprint density at radius 3 is 2.26 bits per heavy atom. The van der Waals surface area contributed by atoms with Gasteiger partial charge in [0.15, 0.2) is 11.5 Å². The molecule has 0 fully saturated rings. The molecular formula is C11H16N2O5S. The molecule has 0 heterocycles. The Morgan fingerprint density at radius 2 is 1.79 bits per heavy atom. The monoisotopic (exact) mass is 288 g/mol. The summed E-state index contributed by atoms with van der Waals surface area (Å²) in [5, 5.41) is 0. The summed E-state index contributed by atoms with van der Waals surface area (Å²) in [4.78, 5) is 10.6. The van der Waals surface area contributed by atoms with Gasteiger partial charge in [-0.15, -0.1) is 0 Å². The highest BCUT2D eigenvalue weighted by Crippen LogP contribution is 2.32. The van der Waals surface area contributed by atoms with Crippen LogP contribution in [0.3, 0.4) is 0 Å². The summed E-state index contributed by atoms with van der Waals surface area (Å²) in [6, 6.07) is 2.87. The van der Waals surface area contributed by atoms with Gasteiger partial charge in [0.05, 0.1) is 25.7 Å². The third-order valence-electron chi connectivity index (χ3n) is 2.41. The predicted octanol–water partition coefficient (Wildman–Crippen LogP) is -0.224. The number of rotatable bonds is 6. The quantitative estimate of drug-likeness (QED) is 0.752. The van der Waals surface area contributed by atoms with Crippen molar-refractivity contribution in [2.24, 2.45) is 5.73 Å². The molecule has 0 aromatic heterocycles. The van der Waals surface area contributed by atoms with E-state index in [-0.39, 0.29) is 10.6 Å². The Bertz CT molecular complexity index is 583. The van der Waals surface area contributed by atoms with Crippen LogP contribution >= 0.6 is 0 Å². The van der Waals surface area contributed by atoms with E-state index in [1.165, 1.54) is 26.4 Å². The second-order valence-electron chi connectivity index (χ2n) is 3.76. The lowest BCUT2D eigenvalue weighted by atomic mass is 10.2. The molecule has 0 saturated carbocycles. The van der Waals surface area contributed by atoms with E-state index in [1.54, 1.807) is 6.92 Å². The Balaban J connectivity index is 3.23. The van der Waals surface area contributed by atoms with Crippen molar-refractivity contribution >= 4 is 15.9 Å². The summed E-state index contributed by atoms with van der Waals surface area (Å²) < 4.78 is 36.2. The molecule has 1 rings (SSSR count). The molecule has 0 bridgehead atoms. The fourth-order valence-electron chi connectivity index (χ4n) is 1.50. The fourth-order valence-corrected chi connectivity index (χ4v) is 2.73. The zero-order valence-corrected chi connectivity index (χ0v) is 11.7. The van der Waals surface area contributed by atoms with E-state index in [9.17, 15) is 13.2 Å². The molecule has 0 spiro atoms. The van der Waals surface area contributed by atoms with E-state index in [2.05, 4.69) is 4.72 Å². The maximum atomic E-state index is 12.0. The molecule has 1 aromatic carbocycles. The highest BCUT2D eigenvalue weighted by atomic mass is 32.2. The molecule has 1 amide bonds. The highest BCUT2D eigenvalue weighted by molar-refractivity contribution is 7.89. The third-order valence-corrected chi connectivity index (χ3v) is 3.95. The molecule has 3 N–H and O–H groups in total. The van der Waals surface area contributed by atoms with Gasteiger partial charge in [-0.1, -0.05) is 0 Å². The fraction of sp³-hybridized carbons (Fsp3) is 0.364. The lowest BCUT2D eigenvalue weighted by molar-refractivity contribution is -0.116.